The van der Waals surface area contributed by atoms with Gasteiger partial charge in [0.1, 0.15) is 23.2 Å². The molecule has 11 heteroatoms. The van der Waals surface area contributed by atoms with Gasteiger partial charge in [0, 0.05) is 49.5 Å². The highest BCUT2D eigenvalue weighted by molar-refractivity contribution is 5.99. The quantitative estimate of drug-likeness (QED) is 0.0473. The zero-order valence-corrected chi connectivity index (χ0v) is 27.8. The SMILES string of the molecule is CC/C=C(/N=C\C=C(/C)c1cc(F)cc(N(CCC)CCCCC)c1)Nc1ccc(NNC(=NC)c2ccc(C(F)(F)F)nc2)cc1. The number of nitrogens with zero attached hydrogens (tertiary/aromatic N) is 4. The molecule has 0 aliphatic carbocycles. The van der Waals surface area contributed by atoms with Crippen molar-refractivity contribution >= 4 is 34.7 Å². The molecule has 0 unspecified atom stereocenters. The van der Waals surface area contributed by atoms with Crippen LogP contribution < -0.4 is 21.1 Å². The van der Waals surface area contributed by atoms with Crippen molar-refractivity contribution in [2.24, 2.45) is 9.98 Å². The van der Waals surface area contributed by atoms with E-state index in [0.717, 1.165) is 80.0 Å². The van der Waals surface area contributed by atoms with Crippen LogP contribution in [-0.2, 0) is 6.18 Å². The molecule has 1 aromatic heterocycles. The lowest BCUT2D eigenvalue weighted by molar-refractivity contribution is -0.141. The van der Waals surface area contributed by atoms with E-state index in [1.54, 1.807) is 18.3 Å². The summed E-state index contributed by atoms with van der Waals surface area (Å²) in [5, 5.41) is 3.31. The van der Waals surface area contributed by atoms with Gasteiger partial charge in [-0.2, -0.15) is 13.2 Å². The smallest absolute Gasteiger partial charge is 0.371 e. The summed E-state index contributed by atoms with van der Waals surface area (Å²) in [7, 11) is 1.53. The molecule has 252 valence electrons. The third kappa shape index (κ3) is 11.9. The number of hydrazine groups is 1. The Hall–Kier alpha value is -4.67. The van der Waals surface area contributed by atoms with E-state index in [1.165, 1.54) is 13.1 Å². The highest BCUT2D eigenvalue weighted by Crippen LogP contribution is 2.27. The summed E-state index contributed by atoms with van der Waals surface area (Å²) in [6.07, 6.45) is 7.31. The van der Waals surface area contributed by atoms with Crippen molar-refractivity contribution in [2.75, 3.05) is 35.8 Å². The van der Waals surface area contributed by atoms with Crippen molar-refractivity contribution in [3.63, 3.8) is 0 Å². The third-order valence-electron chi connectivity index (χ3n) is 7.20. The van der Waals surface area contributed by atoms with Gasteiger partial charge in [-0.1, -0.05) is 33.6 Å². The van der Waals surface area contributed by atoms with E-state index in [0.29, 0.717) is 22.9 Å². The molecule has 0 saturated heterocycles. The van der Waals surface area contributed by atoms with Crippen LogP contribution in [0.25, 0.3) is 5.57 Å². The predicted molar refractivity (Wildman–Crippen MR) is 187 cm³/mol. The van der Waals surface area contributed by atoms with Crippen molar-refractivity contribution in [1.82, 2.24) is 10.4 Å². The van der Waals surface area contributed by atoms with Crippen LogP contribution in [0, 0.1) is 5.82 Å². The van der Waals surface area contributed by atoms with Crippen LogP contribution in [0.15, 0.2) is 88.8 Å². The fraction of sp³-hybridized carbons (Fsp3) is 0.361. The summed E-state index contributed by atoms with van der Waals surface area (Å²) in [6, 6.07) is 14.8. The van der Waals surface area contributed by atoms with Gasteiger partial charge in [-0.25, -0.2) is 9.38 Å². The maximum Gasteiger partial charge on any atom is 0.433 e. The molecule has 0 bridgehead atoms. The maximum atomic E-state index is 14.7. The summed E-state index contributed by atoms with van der Waals surface area (Å²) in [5.41, 5.74) is 9.49. The molecule has 2 aromatic carbocycles. The zero-order chi connectivity index (χ0) is 34.2. The molecule has 0 amide bonds. The molecule has 0 aliphatic heterocycles. The molecule has 0 spiro atoms. The Kier molecular flexibility index (Phi) is 14.5. The molecular formula is C36H45F4N7. The van der Waals surface area contributed by atoms with Crippen molar-refractivity contribution < 1.29 is 17.6 Å². The summed E-state index contributed by atoms with van der Waals surface area (Å²) < 4.78 is 53.2. The van der Waals surface area contributed by atoms with E-state index < -0.39 is 11.9 Å². The van der Waals surface area contributed by atoms with E-state index in [1.807, 2.05) is 56.3 Å². The second-order valence-electron chi connectivity index (χ2n) is 11.0. The normalized spacial score (nSPS) is 12.8. The van der Waals surface area contributed by atoms with Crippen molar-refractivity contribution in [3.05, 3.63) is 101 Å². The number of hydrogen-bond donors (Lipinski definition) is 3. The first-order chi connectivity index (χ1) is 22.6. The van der Waals surface area contributed by atoms with Gasteiger partial charge >= 0.3 is 6.18 Å². The van der Waals surface area contributed by atoms with Crippen LogP contribution in [0.1, 0.15) is 76.6 Å². The van der Waals surface area contributed by atoms with Gasteiger partial charge in [0.05, 0.1) is 5.69 Å². The average Bonchev–Trinajstić information content (AvgIpc) is 3.05. The summed E-state index contributed by atoms with van der Waals surface area (Å²) in [6.45, 7) is 10.1. The van der Waals surface area contributed by atoms with E-state index in [4.69, 9.17) is 0 Å². The lowest BCUT2D eigenvalue weighted by Gasteiger charge is -2.25. The number of allylic oxidation sites excluding steroid dienone is 3. The number of benzene rings is 2. The lowest BCUT2D eigenvalue weighted by Crippen LogP contribution is -2.30. The van der Waals surface area contributed by atoms with E-state index in [-0.39, 0.29) is 5.82 Å². The van der Waals surface area contributed by atoms with Gasteiger partial charge in [0.25, 0.3) is 0 Å². The number of aromatic nitrogens is 1. The summed E-state index contributed by atoms with van der Waals surface area (Å²) in [5.74, 6) is 0.740. The fourth-order valence-corrected chi connectivity index (χ4v) is 4.71. The molecule has 0 fully saturated rings. The molecule has 3 rings (SSSR count). The number of amidine groups is 1. The molecule has 0 saturated carbocycles. The second-order valence-corrected chi connectivity index (χ2v) is 11.0. The number of hydrogen-bond acceptors (Lipinski definition) is 6. The zero-order valence-electron chi connectivity index (χ0n) is 27.8. The monoisotopic (exact) mass is 651 g/mol. The first-order valence-corrected chi connectivity index (χ1v) is 15.9. The number of aliphatic imine (C=N–C) groups is 2. The standard InChI is InChI=1S/C36H45F4N7/c1-6-9-10-21-47(20-8-3)32-23-28(22-29(37)24-32)26(4)18-19-42-34(11-7-2)44-30-13-15-31(16-14-30)45-46-35(41-5)27-12-17-33(43-25-27)36(38,39)40/h11-19,22-25,44-45H,6-10,20-21H2,1-5H3,(H,41,46)/b26-18+,34-11-,42-19-. The van der Waals surface area contributed by atoms with Gasteiger partial charge in [0.15, 0.2) is 0 Å². The van der Waals surface area contributed by atoms with Gasteiger partial charge in [-0.15, -0.1) is 0 Å². The predicted octanol–water partition coefficient (Wildman–Crippen LogP) is 9.48. The number of alkyl halides is 3. The Balaban J connectivity index is 1.64. The molecule has 1 heterocycles. The Morgan fingerprint density at radius 2 is 1.66 bits per heavy atom. The molecule has 0 radical (unpaired) electrons. The first-order valence-electron chi connectivity index (χ1n) is 15.9. The number of halogens is 4. The molecule has 0 aliphatic rings. The van der Waals surface area contributed by atoms with Crippen LogP contribution >= 0.6 is 0 Å². The summed E-state index contributed by atoms with van der Waals surface area (Å²) >= 11 is 0. The van der Waals surface area contributed by atoms with Crippen molar-refractivity contribution in [1.29, 1.82) is 0 Å². The van der Waals surface area contributed by atoms with Crippen molar-refractivity contribution in [3.8, 4) is 0 Å². The summed E-state index contributed by atoms with van der Waals surface area (Å²) in [4.78, 5) is 14.5. The van der Waals surface area contributed by atoms with Gasteiger partial charge in [0.2, 0.25) is 0 Å². The highest BCUT2D eigenvalue weighted by Gasteiger charge is 2.32. The van der Waals surface area contributed by atoms with Crippen molar-refractivity contribution in [2.45, 2.75) is 66.0 Å². The number of unbranched alkanes of at least 4 members (excludes halogenated alkanes) is 2. The van der Waals surface area contributed by atoms with E-state index >= 15 is 0 Å². The Labute approximate surface area is 275 Å². The molecule has 3 N–H and O–H groups in total. The number of anilines is 3. The molecule has 47 heavy (non-hydrogen) atoms. The van der Waals surface area contributed by atoms with Gasteiger partial charge < -0.3 is 10.2 Å². The van der Waals surface area contributed by atoms with Crippen LogP contribution in [0.2, 0.25) is 0 Å². The number of pyridine rings is 1. The van der Waals surface area contributed by atoms with Gasteiger partial charge in [-0.3, -0.25) is 20.8 Å². The van der Waals surface area contributed by atoms with E-state index in [9.17, 15) is 17.6 Å². The molecule has 0 atom stereocenters. The molecule has 3 aromatic rings. The molecule has 7 nitrogen and oxygen atoms in total. The Bertz CT molecular complexity index is 1530. The Morgan fingerprint density at radius 1 is 0.915 bits per heavy atom. The first kappa shape index (κ1) is 36.8. The lowest BCUT2D eigenvalue weighted by atomic mass is 10.1. The largest absolute Gasteiger partial charge is 0.433 e. The highest BCUT2D eigenvalue weighted by atomic mass is 19.4. The van der Waals surface area contributed by atoms with Crippen LogP contribution in [0.4, 0.5) is 34.6 Å². The van der Waals surface area contributed by atoms with Gasteiger partial charge in [-0.05, 0) is 104 Å². The number of nitrogens with one attached hydrogen (secondary N) is 3. The van der Waals surface area contributed by atoms with Crippen LogP contribution in [-0.4, -0.2) is 37.2 Å². The molecular weight excluding hydrogens is 606 g/mol. The maximum absolute atomic E-state index is 14.7. The fourth-order valence-electron chi connectivity index (χ4n) is 4.71. The average molecular weight is 652 g/mol. The van der Waals surface area contributed by atoms with Crippen LogP contribution in [0.3, 0.4) is 0 Å². The second kappa shape index (κ2) is 18.5. The minimum absolute atomic E-state index is 0.255. The minimum Gasteiger partial charge on any atom is -0.371 e. The minimum atomic E-state index is -4.51. The number of rotatable bonds is 16. The third-order valence-corrected chi connectivity index (χ3v) is 7.20. The Morgan fingerprint density at radius 3 is 2.28 bits per heavy atom. The topological polar surface area (TPSA) is 76.9 Å². The van der Waals surface area contributed by atoms with E-state index in [2.05, 4.69) is 49.9 Å². The van der Waals surface area contributed by atoms with Crippen LogP contribution in [0.5, 0.6) is 0 Å².